The topological polar surface area (TPSA) is 63.6 Å². The van der Waals surface area contributed by atoms with Gasteiger partial charge in [0.2, 0.25) is 0 Å². The second-order valence-corrected chi connectivity index (χ2v) is 3.87. The smallest absolute Gasteiger partial charge is 0.348 e. The number of thiophene rings is 1. The molecule has 1 unspecified atom stereocenters. The number of methoxy groups -OCH3 is 1. The van der Waals surface area contributed by atoms with Crippen molar-refractivity contribution in [1.29, 1.82) is 0 Å². The summed E-state index contributed by atoms with van der Waals surface area (Å²) in [4.78, 5) is 22.8. The van der Waals surface area contributed by atoms with E-state index in [2.05, 4.69) is 4.74 Å². The molecule has 14 heavy (non-hydrogen) atoms. The molecule has 0 saturated heterocycles. The minimum atomic E-state index is -0.900. The zero-order valence-corrected chi connectivity index (χ0v) is 8.63. The maximum Gasteiger partial charge on any atom is 0.348 e. The maximum atomic E-state index is 11.1. The minimum absolute atomic E-state index is 0.426. The molecule has 1 aromatic heterocycles. The van der Waals surface area contributed by atoms with Gasteiger partial charge in [-0.3, -0.25) is 4.79 Å². The third kappa shape index (κ3) is 2.11. The van der Waals surface area contributed by atoms with Crippen molar-refractivity contribution in [3.8, 4) is 0 Å². The Hall–Kier alpha value is -1.36. The molecule has 1 aromatic rings. The highest BCUT2D eigenvalue weighted by Crippen LogP contribution is 2.25. The highest BCUT2D eigenvalue weighted by atomic mass is 32.1. The minimum Gasteiger partial charge on any atom is -0.481 e. The fourth-order valence-electron chi connectivity index (χ4n) is 0.918. The van der Waals surface area contributed by atoms with Gasteiger partial charge in [0.05, 0.1) is 13.0 Å². The number of rotatable bonds is 3. The van der Waals surface area contributed by atoms with Gasteiger partial charge in [-0.2, -0.15) is 0 Å². The number of carboxylic acid groups (broad SMARTS) is 1. The summed E-state index contributed by atoms with van der Waals surface area (Å²) >= 11 is 1.15. The molecule has 5 heteroatoms. The van der Waals surface area contributed by atoms with Gasteiger partial charge in [0, 0.05) is 4.88 Å². The first kappa shape index (κ1) is 10.7. The molecule has 0 radical (unpaired) electrons. The zero-order chi connectivity index (χ0) is 10.7. The summed E-state index contributed by atoms with van der Waals surface area (Å²) in [5.74, 6) is -1.92. The molecule has 0 amide bonds. The van der Waals surface area contributed by atoms with Gasteiger partial charge in [0.25, 0.3) is 0 Å². The zero-order valence-electron chi connectivity index (χ0n) is 7.81. The van der Waals surface area contributed by atoms with Crippen molar-refractivity contribution in [2.45, 2.75) is 12.8 Å². The quantitative estimate of drug-likeness (QED) is 0.778. The van der Waals surface area contributed by atoms with E-state index in [9.17, 15) is 9.59 Å². The first-order valence-corrected chi connectivity index (χ1v) is 4.78. The number of esters is 1. The van der Waals surface area contributed by atoms with Crippen LogP contribution in [0.2, 0.25) is 0 Å². The summed E-state index contributed by atoms with van der Waals surface area (Å²) in [6, 6.07) is 3.21. The first-order chi connectivity index (χ1) is 6.56. The highest BCUT2D eigenvalue weighted by molar-refractivity contribution is 7.14. The van der Waals surface area contributed by atoms with Crippen LogP contribution in [0.25, 0.3) is 0 Å². The van der Waals surface area contributed by atoms with Gasteiger partial charge in [-0.1, -0.05) is 0 Å². The monoisotopic (exact) mass is 214 g/mol. The van der Waals surface area contributed by atoms with Crippen molar-refractivity contribution in [3.05, 3.63) is 21.9 Å². The molecule has 0 aliphatic heterocycles. The molecular formula is C9H10O4S. The van der Waals surface area contributed by atoms with Crippen LogP contribution in [0.15, 0.2) is 12.1 Å². The summed E-state index contributed by atoms with van der Waals surface area (Å²) in [5, 5.41) is 8.73. The van der Waals surface area contributed by atoms with E-state index in [1.54, 1.807) is 19.1 Å². The van der Waals surface area contributed by atoms with Crippen molar-refractivity contribution in [2.75, 3.05) is 7.11 Å². The highest BCUT2D eigenvalue weighted by Gasteiger charge is 2.18. The van der Waals surface area contributed by atoms with Crippen molar-refractivity contribution in [2.24, 2.45) is 0 Å². The Morgan fingerprint density at radius 3 is 2.64 bits per heavy atom. The average Bonchev–Trinajstić information content (AvgIpc) is 2.64. The van der Waals surface area contributed by atoms with Crippen LogP contribution in [0.5, 0.6) is 0 Å². The molecule has 0 aromatic carbocycles. The molecule has 0 aliphatic carbocycles. The van der Waals surface area contributed by atoms with Crippen LogP contribution >= 0.6 is 11.3 Å². The number of carboxylic acids is 1. The van der Waals surface area contributed by atoms with Crippen LogP contribution in [-0.2, 0) is 9.53 Å². The number of hydrogen-bond acceptors (Lipinski definition) is 4. The van der Waals surface area contributed by atoms with E-state index in [1.165, 1.54) is 7.11 Å². The van der Waals surface area contributed by atoms with Gasteiger partial charge in [-0.25, -0.2) is 4.79 Å². The standard InChI is InChI=1S/C9H10O4S/c1-5(8(10)11)6-3-4-7(14-6)9(12)13-2/h3-5H,1-2H3,(H,10,11). The van der Waals surface area contributed by atoms with Gasteiger partial charge in [-0.15, -0.1) is 11.3 Å². The van der Waals surface area contributed by atoms with E-state index >= 15 is 0 Å². The lowest BCUT2D eigenvalue weighted by Gasteiger charge is -2.00. The molecule has 4 nitrogen and oxygen atoms in total. The van der Waals surface area contributed by atoms with Gasteiger partial charge in [0.15, 0.2) is 0 Å². The molecule has 0 fully saturated rings. The second-order valence-electron chi connectivity index (χ2n) is 2.75. The Bertz CT molecular complexity index is 355. The van der Waals surface area contributed by atoms with Crippen LogP contribution in [0, 0.1) is 0 Å². The summed E-state index contributed by atoms with van der Waals surface area (Å²) < 4.78 is 4.51. The van der Waals surface area contributed by atoms with Gasteiger partial charge < -0.3 is 9.84 Å². The van der Waals surface area contributed by atoms with Crippen molar-refractivity contribution < 1.29 is 19.4 Å². The third-order valence-electron chi connectivity index (χ3n) is 1.81. The Morgan fingerprint density at radius 1 is 1.50 bits per heavy atom. The predicted octanol–water partition coefficient (Wildman–Crippen LogP) is 1.72. The number of aliphatic carboxylic acids is 1. The predicted molar refractivity (Wildman–Crippen MR) is 51.7 cm³/mol. The van der Waals surface area contributed by atoms with Crippen molar-refractivity contribution in [1.82, 2.24) is 0 Å². The molecule has 0 spiro atoms. The van der Waals surface area contributed by atoms with E-state index in [4.69, 9.17) is 5.11 Å². The van der Waals surface area contributed by atoms with E-state index in [-0.39, 0.29) is 0 Å². The maximum absolute atomic E-state index is 11.1. The van der Waals surface area contributed by atoms with Gasteiger partial charge >= 0.3 is 11.9 Å². The van der Waals surface area contributed by atoms with Crippen LogP contribution in [-0.4, -0.2) is 24.2 Å². The molecule has 1 rings (SSSR count). The van der Waals surface area contributed by atoms with Crippen LogP contribution in [0.1, 0.15) is 27.4 Å². The lowest BCUT2D eigenvalue weighted by molar-refractivity contribution is -0.138. The lowest BCUT2D eigenvalue weighted by Crippen LogP contribution is -2.05. The Kier molecular flexibility index (Phi) is 3.24. The fraction of sp³-hybridized carbons (Fsp3) is 0.333. The molecule has 1 atom stereocenters. The average molecular weight is 214 g/mol. The number of hydrogen-bond donors (Lipinski definition) is 1. The van der Waals surface area contributed by atoms with Crippen molar-refractivity contribution in [3.63, 3.8) is 0 Å². The molecule has 1 heterocycles. The Morgan fingerprint density at radius 2 is 2.14 bits per heavy atom. The Labute approximate surface area is 85.1 Å². The van der Waals surface area contributed by atoms with Crippen LogP contribution in [0.4, 0.5) is 0 Å². The SMILES string of the molecule is COC(=O)c1ccc(C(C)C(=O)O)s1. The summed E-state index contributed by atoms with van der Waals surface area (Å²) in [5.41, 5.74) is 0. The summed E-state index contributed by atoms with van der Waals surface area (Å²) in [6.07, 6.45) is 0. The normalized spacial score (nSPS) is 12.1. The van der Waals surface area contributed by atoms with Crippen molar-refractivity contribution >= 4 is 23.3 Å². The molecule has 0 saturated carbocycles. The first-order valence-electron chi connectivity index (χ1n) is 3.97. The van der Waals surface area contributed by atoms with Gasteiger partial charge in [0.1, 0.15) is 4.88 Å². The van der Waals surface area contributed by atoms with E-state index in [1.807, 2.05) is 0 Å². The van der Waals surface area contributed by atoms with Crippen LogP contribution in [0.3, 0.4) is 0 Å². The molecule has 76 valence electrons. The Balaban J connectivity index is 2.88. The van der Waals surface area contributed by atoms with E-state index in [0.29, 0.717) is 9.75 Å². The molecule has 1 N–H and O–H groups in total. The molecule has 0 aliphatic rings. The van der Waals surface area contributed by atoms with Gasteiger partial charge in [-0.05, 0) is 19.1 Å². The second kappa shape index (κ2) is 4.23. The molecular weight excluding hydrogens is 204 g/mol. The third-order valence-corrected chi connectivity index (χ3v) is 3.06. The largest absolute Gasteiger partial charge is 0.481 e. The van der Waals surface area contributed by atoms with E-state index < -0.39 is 17.9 Å². The summed E-state index contributed by atoms with van der Waals surface area (Å²) in [7, 11) is 1.29. The number of carbonyl (C=O) groups excluding carboxylic acids is 1. The molecule has 0 bridgehead atoms. The number of carbonyl (C=O) groups is 2. The number of ether oxygens (including phenoxy) is 1. The van der Waals surface area contributed by atoms with E-state index in [0.717, 1.165) is 11.3 Å². The lowest BCUT2D eigenvalue weighted by atomic mass is 10.1. The van der Waals surface area contributed by atoms with Crippen LogP contribution < -0.4 is 0 Å². The summed E-state index contributed by atoms with van der Waals surface area (Å²) in [6.45, 7) is 1.58. The fourth-order valence-corrected chi connectivity index (χ4v) is 1.89.